The van der Waals surface area contributed by atoms with Crippen molar-refractivity contribution in [3.8, 4) is 0 Å². The molecule has 2 N–H and O–H groups in total. The Morgan fingerprint density at radius 3 is 2.55 bits per heavy atom. The van der Waals surface area contributed by atoms with Crippen LogP contribution >= 0.6 is 11.8 Å². The van der Waals surface area contributed by atoms with E-state index >= 15 is 0 Å². The first-order valence-corrected chi connectivity index (χ1v) is 15.8. The third kappa shape index (κ3) is 7.60. The Kier molecular flexibility index (Phi) is 9.58. The molecule has 2 heterocycles. The summed E-state index contributed by atoms with van der Waals surface area (Å²) in [7, 11) is 0. The quantitative estimate of drug-likeness (QED) is 0.207. The van der Waals surface area contributed by atoms with Crippen molar-refractivity contribution in [3.63, 3.8) is 0 Å². The highest BCUT2D eigenvalue weighted by atomic mass is 32.2. The van der Waals surface area contributed by atoms with Crippen LogP contribution in [0.1, 0.15) is 60.8 Å². The summed E-state index contributed by atoms with van der Waals surface area (Å²) in [5.74, 6) is -0.694. The number of rotatable bonds is 10. The standard InChI is InChI=1S/C34H38N4O5S/c1-34(2,3)43-33(42)38-19-9-16-29(38)30(39)35-18-17-26-21-37(20-24-13-8-12-23-10-4-6-14-27(23)24)32(36-26)44-22-25-11-5-7-15-28(25)31(40)41/h4-8,10-15,21,29H,9,16-20,22H2,1-3H3,(H,35,39)(H,40,41)/t29-/m0/s1. The van der Waals surface area contributed by atoms with Crippen molar-refractivity contribution in [1.82, 2.24) is 19.8 Å². The summed E-state index contributed by atoms with van der Waals surface area (Å²) in [5.41, 5.74) is 2.34. The molecule has 0 spiro atoms. The second-order valence-electron chi connectivity index (χ2n) is 11.9. The molecule has 1 aliphatic heterocycles. The minimum atomic E-state index is -0.954. The molecule has 0 bridgehead atoms. The number of carbonyl (C=O) groups is 3. The number of ether oxygens (including phenoxy) is 1. The lowest BCUT2D eigenvalue weighted by atomic mass is 10.0. The Labute approximate surface area is 261 Å². The summed E-state index contributed by atoms with van der Waals surface area (Å²) in [4.78, 5) is 43.9. The van der Waals surface area contributed by atoms with Gasteiger partial charge in [0.25, 0.3) is 0 Å². The number of aromatic nitrogens is 2. The van der Waals surface area contributed by atoms with E-state index in [0.29, 0.717) is 38.2 Å². The van der Waals surface area contributed by atoms with Gasteiger partial charge in [0, 0.05) is 31.5 Å². The van der Waals surface area contributed by atoms with E-state index in [1.807, 2.05) is 57.3 Å². The minimum Gasteiger partial charge on any atom is -0.478 e. The van der Waals surface area contributed by atoms with Gasteiger partial charge in [0.05, 0.1) is 17.8 Å². The van der Waals surface area contributed by atoms with E-state index in [4.69, 9.17) is 9.72 Å². The van der Waals surface area contributed by atoms with Crippen LogP contribution in [0.3, 0.4) is 0 Å². The van der Waals surface area contributed by atoms with Crippen LogP contribution in [-0.2, 0) is 28.2 Å². The number of benzene rings is 3. The van der Waals surface area contributed by atoms with Gasteiger partial charge in [0.2, 0.25) is 5.91 Å². The lowest BCUT2D eigenvalue weighted by Crippen LogP contribution is -2.47. The van der Waals surface area contributed by atoms with E-state index in [-0.39, 0.29) is 11.5 Å². The molecule has 4 aromatic rings. The summed E-state index contributed by atoms with van der Waals surface area (Å²) in [6.07, 6.45) is 3.40. The van der Waals surface area contributed by atoms with E-state index in [1.54, 1.807) is 12.1 Å². The number of fused-ring (bicyclic) bond motifs is 1. The Morgan fingerprint density at radius 2 is 1.75 bits per heavy atom. The topological polar surface area (TPSA) is 114 Å². The molecule has 1 atom stereocenters. The molecular weight excluding hydrogens is 576 g/mol. The normalized spacial score (nSPS) is 15.0. The van der Waals surface area contributed by atoms with Crippen molar-refractivity contribution in [2.45, 2.75) is 69.1 Å². The Balaban J connectivity index is 1.30. The Hall–Kier alpha value is -4.31. The fourth-order valence-corrected chi connectivity index (χ4v) is 6.42. The SMILES string of the molecule is CC(C)(C)OC(=O)N1CCC[C@H]1C(=O)NCCc1cn(Cc2cccc3ccccc23)c(SCc2ccccc2C(=O)O)n1. The number of amides is 2. The van der Waals surface area contributed by atoms with Gasteiger partial charge in [0.15, 0.2) is 5.16 Å². The van der Waals surface area contributed by atoms with E-state index in [0.717, 1.165) is 39.2 Å². The van der Waals surface area contributed by atoms with Gasteiger partial charge in [-0.05, 0) is 61.6 Å². The van der Waals surface area contributed by atoms with E-state index < -0.39 is 23.7 Å². The number of aromatic carboxylic acids is 1. The van der Waals surface area contributed by atoms with Crippen LogP contribution in [-0.4, -0.2) is 62.3 Å². The zero-order chi connectivity index (χ0) is 31.3. The molecule has 10 heteroatoms. The monoisotopic (exact) mass is 614 g/mol. The van der Waals surface area contributed by atoms with Gasteiger partial charge in [0.1, 0.15) is 11.6 Å². The molecule has 5 rings (SSSR count). The molecule has 1 aliphatic rings. The van der Waals surface area contributed by atoms with Gasteiger partial charge in [-0.15, -0.1) is 0 Å². The fraction of sp³-hybridized carbons (Fsp3) is 0.353. The molecule has 9 nitrogen and oxygen atoms in total. The zero-order valence-electron chi connectivity index (χ0n) is 25.3. The lowest BCUT2D eigenvalue weighted by molar-refractivity contribution is -0.125. The average molecular weight is 615 g/mol. The number of likely N-dealkylation sites (tertiary alicyclic amines) is 1. The summed E-state index contributed by atoms with van der Waals surface area (Å²) < 4.78 is 7.59. The highest BCUT2D eigenvalue weighted by Gasteiger charge is 2.36. The number of imidazole rings is 1. The maximum absolute atomic E-state index is 13.1. The van der Waals surface area contributed by atoms with Crippen LogP contribution in [0.15, 0.2) is 78.1 Å². The van der Waals surface area contributed by atoms with Crippen molar-refractivity contribution >= 4 is 40.5 Å². The first-order chi connectivity index (χ1) is 21.1. The number of hydrogen-bond acceptors (Lipinski definition) is 6. The van der Waals surface area contributed by atoms with E-state index in [1.165, 1.54) is 16.7 Å². The molecular formula is C34H38N4O5S. The Bertz CT molecular complexity index is 1660. The van der Waals surface area contributed by atoms with Crippen LogP contribution in [0, 0.1) is 0 Å². The van der Waals surface area contributed by atoms with Gasteiger partial charge in [-0.1, -0.05) is 72.4 Å². The number of nitrogens with one attached hydrogen (secondary N) is 1. The molecule has 0 saturated carbocycles. The summed E-state index contributed by atoms with van der Waals surface area (Å²) >= 11 is 1.49. The third-order valence-corrected chi connectivity index (χ3v) is 8.52. The predicted molar refractivity (Wildman–Crippen MR) is 171 cm³/mol. The van der Waals surface area contributed by atoms with Crippen molar-refractivity contribution in [1.29, 1.82) is 0 Å². The molecule has 1 fully saturated rings. The molecule has 230 valence electrons. The van der Waals surface area contributed by atoms with Gasteiger partial charge in [-0.3, -0.25) is 9.69 Å². The van der Waals surface area contributed by atoms with Crippen LogP contribution in [0.25, 0.3) is 10.8 Å². The number of thioether (sulfide) groups is 1. The number of hydrogen-bond donors (Lipinski definition) is 2. The maximum Gasteiger partial charge on any atom is 0.410 e. The summed E-state index contributed by atoms with van der Waals surface area (Å²) in [5, 5.41) is 15.7. The smallest absolute Gasteiger partial charge is 0.410 e. The first kappa shape index (κ1) is 31.1. The fourth-order valence-electron chi connectivity index (χ4n) is 5.42. The predicted octanol–water partition coefficient (Wildman–Crippen LogP) is 6.13. The van der Waals surface area contributed by atoms with Gasteiger partial charge in [-0.25, -0.2) is 14.6 Å². The maximum atomic E-state index is 13.1. The highest BCUT2D eigenvalue weighted by molar-refractivity contribution is 7.98. The second-order valence-corrected chi connectivity index (χ2v) is 12.8. The van der Waals surface area contributed by atoms with Crippen molar-refractivity contribution in [2.75, 3.05) is 13.1 Å². The largest absolute Gasteiger partial charge is 0.478 e. The van der Waals surface area contributed by atoms with Crippen LogP contribution < -0.4 is 5.32 Å². The Morgan fingerprint density at radius 1 is 1.02 bits per heavy atom. The third-order valence-electron chi connectivity index (χ3n) is 7.48. The molecule has 2 amide bonds. The van der Waals surface area contributed by atoms with Crippen molar-refractivity contribution in [2.24, 2.45) is 0 Å². The van der Waals surface area contributed by atoms with Crippen molar-refractivity contribution in [3.05, 3.63) is 95.3 Å². The van der Waals surface area contributed by atoms with Crippen LogP contribution in [0.4, 0.5) is 4.79 Å². The van der Waals surface area contributed by atoms with Gasteiger partial charge < -0.3 is 19.7 Å². The molecule has 0 unspecified atom stereocenters. The molecule has 3 aromatic carbocycles. The number of carboxylic acids is 1. The van der Waals surface area contributed by atoms with Gasteiger partial charge in [-0.2, -0.15) is 0 Å². The molecule has 0 aliphatic carbocycles. The number of carbonyl (C=O) groups excluding carboxylic acids is 2. The van der Waals surface area contributed by atoms with E-state index in [2.05, 4.69) is 34.1 Å². The molecule has 1 aromatic heterocycles. The highest BCUT2D eigenvalue weighted by Crippen LogP contribution is 2.27. The second kappa shape index (κ2) is 13.5. The molecule has 0 radical (unpaired) electrons. The summed E-state index contributed by atoms with van der Waals surface area (Å²) in [6.45, 7) is 6.90. The van der Waals surface area contributed by atoms with Crippen LogP contribution in [0.2, 0.25) is 0 Å². The summed E-state index contributed by atoms with van der Waals surface area (Å²) in [6, 6.07) is 21.0. The molecule has 1 saturated heterocycles. The minimum absolute atomic E-state index is 0.191. The van der Waals surface area contributed by atoms with Crippen molar-refractivity contribution < 1.29 is 24.2 Å². The van der Waals surface area contributed by atoms with Crippen LogP contribution in [0.5, 0.6) is 0 Å². The lowest BCUT2D eigenvalue weighted by Gasteiger charge is -2.28. The number of carboxylic acid groups (broad SMARTS) is 1. The molecule has 44 heavy (non-hydrogen) atoms. The van der Waals surface area contributed by atoms with E-state index in [9.17, 15) is 19.5 Å². The zero-order valence-corrected chi connectivity index (χ0v) is 26.1. The first-order valence-electron chi connectivity index (χ1n) is 14.8. The number of nitrogens with zero attached hydrogens (tertiary/aromatic N) is 3. The van der Waals surface area contributed by atoms with Gasteiger partial charge >= 0.3 is 12.1 Å². The average Bonchev–Trinajstić information content (AvgIpc) is 3.63.